The molecule has 2 heteroatoms. The minimum atomic E-state index is 0.0627. The highest BCUT2D eigenvalue weighted by Crippen LogP contribution is 2.23. The van der Waals surface area contributed by atoms with Gasteiger partial charge in [0.1, 0.15) is 0 Å². The molecule has 0 heterocycles. The van der Waals surface area contributed by atoms with Gasteiger partial charge in [0.05, 0.1) is 0 Å². The number of halogens is 1. The second-order valence-corrected chi connectivity index (χ2v) is 5.31. The van der Waals surface area contributed by atoms with E-state index in [9.17, 15) is 4.79 Å². The number of ketones is 1. The summed E-state index contributed by atoms with van der Waals surface area (Å²) in [6.45, 7) is 3.84. The maximum Gasteiger partial charge on any atom is 0.163 e. The Bertz CT molecular complexity index is 575. The van der Waals surface area contributed by atoms with Crippen LogP contribution >= 0.6 is 15.9 Å². The van der Waals surface area contributed by atoms with Crippen molar-refractivity contribution in [1.29, 1.82) is 0 Å². The van der Waals surface area contributed by atoms with Crippen molar-refractivity contribution >= 4 is 21.7 Å². The predicted octanol–water partition coefficient (Wildman–Crippen LogP) is 4.99. The van der Waals surface area contributed by atoms with E-state index in [0.29, 0.717) is 6.42 Å². The minimum absolute atomic E-state index is 0.0627. The summed E-state index contributed by atoms with van der Waals surface area (Å²) in [5.41, 5.74) is 1.86. The van der Waals surface area contributed by atoms with Gasteiger partial charge in [0.2, 0.25) is 0 Å². The van der Waals surface area contributed by atoms with Crippen LogP contribution in [0, 0.1) is 0 Å². The molecule has 0 saturated carbocycles. The Morgan fingerprint density at radius 2 is 1.89 bits per heavy atom. The molecule has 0 bridgehead atoms. The molecule has 1 unspecified atom stereocenters. The number of carbonyl (C=O) groups excluding carboxylic acids is 1. The van der Waals surface area contributed by atoms with Gasteiger partial charge in [0.15, 0.2) is 5.78 Å². The molecule has 0 aromatic heterocycles. The Balaban J connectivity index is 2.15. The number of rotatable bonds is 5. The molecule has 1 nitrogen and oxygen atoms in total. The standard InChI is InChI=1S/C17H15BrO/c1-2-13(14-7-4-3-5-8-14)12-17(19)15-9-6-10-16(18)11-15/h2-11,13H,1,12H2. The van der Waals surface area contributed by atoms with E-state index in [1.807, 2.05) is 60.7 Å². The van der Waals surface area contributed by atoms with Crippen LogP contribution in [-0.2, 0) is 0 Å². The third kappa shape index (κ3) is 3.65. The van der Waals surface area contributed by atoms with Gasteiger partial charge in [-0.15, -0.1) is 6.58 Å². The Kier molecular flexibility index (Phi) is 4.69. The third-order valence-electron chi connectivity index (χ3n) is 3.06. The van der Waals surface area contributed by atoms with E-state index in [4.69, 9.17) is 0 Å². The van der Waals surface area contributed by atoms with Crippen LogP contribution < -0.4 is 0 Å². The van der Waals surface area contributed by atoms with E-state index in [1.165, 1.54) is 0 Å². The Morgan fingerprint density at radius 3 is 2.53 bits per heavy atom. The second kappa shape index (κ2) is 6.48. The van der Waals surface area contributed by atoms with Gasteiger partial charge in [-0.25, -0.2) is 0 Å². The van der Waals surface area contributed by atoms with Crippen molar-refractivity contribution in [2.75, 3.05) is 0 Å². The monoisotopic (exact) mass is 314 g/mol. The van der Waals surface area contributed by atoms with Crippen LogP contribution in [0.4, 0.5) is 0 Å². The second-order valence-electron chi connectivity index (χ2n) is 4.39. The molecule has 0 fully saturated rings. The van der Waals surface area contributed by atoms with E-state index in [2.05, 4.69) is 22.5 Å². The van der Waals surface area contributed by atoms with Gasteiger partial charge in [-0.3, -0.25) is 4.79 Å². The van der Waals surface area contributed by atoms with Crippen LogP contribution in [0.1, 0.15) is 28.3 Å². The highest BCUT2D eigenvalue weighted by molar-refractivity contribution is 9.10. The lowest BCUT2D eigenvalue weighted by Crippen LogP contribution is -2.05. The van der Waals surface area contributed by atoms with Crippen molar-refractivity contribution in [3.8, 4) is 0 Å². The molecule has 0 saturated heterocycles. The third-order valence-corrected chi connectivity index (χ3v) is 3.56. The van der Waals surface area contributed by atoms with E-state index < -0.39 is 0 Å². The average Bonchev–Trinajstić information content (AvgIpc) is 2.45. The maximum absolute atomic E-state index is 12.3. The van der Waals surface area contributed by atoms with Crippen molar-refractivity contribution in [3.05, 3.63) is 82.9 Å². The van der Waals surface area contributed by atoms with E-state index in [-0.39, 0.29) is 11.7 Å². The summed E-state index contributed by atoms with van der Waals surface area (Å²) >= 11 is 3.39. The number of benzene rings is 2. The zero-order valence-corrected chi connectivity index (χ0v) is 12.1. The number of allylic oxidation sites excluding steroid dienone is 1. The molecule has 0 aliphatic carbocycles. The van der Waals surface area contributed by atoms with Gasteiger partial charge in [-0.1, -0.05) is 64.5 Å². The SMILES string of the molecule is C=CC(CC(=O)c1cccc(Br)c1)c1ccccc1. The zero-order chi connectivity index (χ0) is 13.7. The fraction of sp³-hybridized carbons (Fsp3) is 0.118. The van der Waals surface area contributed by atoms with Gasteiger partial charge in [0, 0.05) is 22.4 Å². The molecule has 0 spiro atoms. The molecule has 0 N–H and O–H groups in total. The molecule has 0 radical (unpaired) electrons. The summed E-state index contributed by atoms with van der Waals surface area (Å²) in [5, 5.41) is 0. The van der Waals surface area contributed by atoms with E-state index >= 15 is 0 Å². The number of hydrogen-bond acceptors (Lipinski definition) is 1. The van der Waals surface area contributed by atoms with Crippen molar-refractivity contribution in [2.24, 2.45) is 0 Å². The first-order chi connectivity index (χ1) is 9.20. The van der Waals surface area contributed by atoms with Gasteiger partial charge in [-0.05, 0) is 17.7 Å². The molecule has 0 aliphatic heterocycles. The van der Waals surface area contributed by atoms with Crippen LogP contribution in [-0.4, -0.2) is 5.78 Å². The molecule has 96 valence electrons. The molecule has 0 aliphatic rings. The normalized spacial score (nSPS) is 11.8. The predicted molar refractivity (Wildman–Crippen MR) is 82.5 cm³/mol. The number of Topliss-reactive ketones (excluding diaryl/α,β-unsaturated/α-hetero) is 1. The molecule has 1 atom stereocenters. The first kappa shape index (κ1) is 13.8. The maximum atomic E-state index is 12.3. The molecule has 2 rings (SSSR count). The quantitative estimate of drug-likeness (QED) is 0.561. The van der Waals surface area contributed by atoms with Gasteiger partial charge < -0.3 is 0 Å². The fourth-order valence-electron chi connectivity index (χ4n) is 2.02. The fourth-order valence-corrected chi connectivity index (χ4v) is 2.42. The molecule has 19 heavy (non-hydrogen) atoms. The molecular weight excluding hydrogens is 300 g/mol. The van der Waals surface area contributed by atoms with Crippen LogP contribution in [0.3, 0.4) is 0 Å². The lowest BCUT2D eigenvalue weighted by molar-refractivity contribution is 0.0978. The van der Waals surface area contributed by atoms with Crippen LogP contribution in [0.25, 0.3) is 0 Å². The highest BCUT2D eigenvalue weighted by Gasteiger charge is 2.14. The molecule has 0 amide bonds. The van der Waals surface area contributed by atoms with Crippen molar-refractivity contribution < 1.29 is 4.79 Å². The molecule has 2 aromatic rings. The molecular formula is C17H15BrO. The Labute approximate surface area is 122 Å². The summed E-state index contributed by atoms with van der Waals surface area (Å²) in [6.07, 6.45) is 2.29. The van der Waals surface area contributed by atoms with Crippen LogP contribution in [0.5, 0.6) is 0 Å². The summed E-state index contributed by atoms with van der Waals surface area (Å²) in [6, 6.07) is 17.5. The Hall–Kier alpha value is -1.67. The zero-order valence-electron chi connectivity index (χ0n) is 10.6. The minimum Gasteiger partial charge on any atom is -0.294 e. The Morgan fingerprint density at radius 1 is 1.16 bits per heavy atom. The van der Waals surface area contributed by atoms with Crippen molar-refractivity contribution in [2.45, 2.75) is 12.3 Å². The lowest BCUT2D eigenvalue weighted by Gasteiger charge is -2.12. The van der Waals surface area contributed by atoms with Gasteiger partial charge in [-0.2, -0.15) is 0 Å². The highest BCUT2D eigenvalue weighted by atomic mass is 79.9. The smallest absolute Gasteiger partial charge is 0.163 e. The lowest BCUT2D eigenvalue weighted by atomic mass is 9.92. The van der Waals surface area contributed by atoms with Crippen LogP contribution in [0.2, 0.25) is 0 Å². The topological polar surface area (TPSA) is 17.1 Å². The number of carbonyl (C=O) groups is 1. The first-order valence-corrected chi connectivity index (χ1v) is 6.96. The largest absolute Gasteiger partial charge is 0.294 e. The first-order valence-electron chi connectivity index (χ1n) is 6.17. The molecule has 2 aromatic carbocycles. The van der Waals surface area contributed by atoms with Gasteiger partial charge >= 0.3 is 0 Å². The summed E-state index contributed by atoms with van der Waals surface area (Å²) < 4.78 is 0.924. The average molecular weight is 315 g/mol. The van der Waals surface area contributed by atoms with Crippen LogP contribution in [0.15, 0.2) is 71.7 Å². The van der Waals surface area contributed by atoms with Crippen molar-refractivity contribution in [3.63, 3.8) is 0 Å². The van der Waals surface area contributed by atoms with E-state index in [0.717, 1.165) is 15.6 Å². The van der Waals surface area contributed by atoms with E-state index in [1.54, 1.807) is 0 Å². The summed E-state index contributed by atoms with van der Waals surface area (Å²) in [4.78, 5) is 12.3. The summed E-state index contributed by atoms with van der Waals surface area (Å²) in [7, 11) is 0. The number of hydrogen-bond donors (Lipinski definition) is 0. The van der Waals surface area contributed by atoms with Crippen molar-refractivity contribution in [1.82, 2.24) is 0 Å². The summed E-state index contributed by atoms with van der Waals surface area (Å²) in [5.74, 6) is 0.197. The van der Waals surface area contributed by atoms with Gasteiger partial charge in [0.25, 0.3) is 0 Å².